The lowest BCUT2D eigenvalue weighted by molar-refractivity contribution is -0.117. The molecule has 5 nitrogen and oxygen atoms in total. The van der Waals surface area contributed by atoms with Crippen LogP contribution in [-0.2, 0) is 4.79 Å². The number of carbonyl (C=O) groups is 2. The normalized spacial score (nSPS) is 11.4. The molecule has 146 valence electrons. The van der Waals surface area contributed by atoms with Crippen molar-refractivity contribution in [2.24, 2.45) is 5.10 Å². The molecule has 0 atom stereocenters. The van der Waals surface area contributed by atoms with E-state index in [1.54, 1.807) is 54.6 Å². The molecule has 0 unspecified atom stereocenters. The maximum Gasteiger partial charge on any atom is 0.287 e. The van der Waals surface area contributed by atoms with Gasteiger partial charge in [-0.05, 0) is 47.4 Å². The van der Waals surface area contributed by atoms with Crippen LogP contribution in [0.2, 0.25) is 10.0 Å². The van der Waals surface area contributed by atoms with Gasteiger partial charge in [0, 0.05) is 9.90 Å². The first kappa shape index (κ1) is 20.8. The Labute approximate surface area is 181 Å². The number of hydrogen-bond acceptors (Lipinski definition) is 4. The van der Waals surface area contributed by atoms with Gasteiger partial charge >= 0.3 is 0 Å². The fraction of sp³-hybridized carbons (Fsp3) is 0. The molecule has 0 saturated carbocycles. The molecule has 0 aliphatic heterocycles. The number of benzene rings is 2. The van der Waals surface area contributed by atoms with Gasteiger partial charge in [-0.3, -0.25) is 9.59 Å². The highest BCUT2D eigenvalue weighted by molar-refractivity contribution is 7.10. The van der Waals surface area contributed by atoms with Gasteiger partial charge in [0.1, 0.15) is 5.70 Å². The van der Waals surface area contributed by atoms with E-state index in [1.807, 2.05) is 17.5 Å². The van der Waals surface area contributed by atoms with E-state index in [4.69, 9.17) is 23.2 Å². The average Bonchev–Trinajstić information content (AvgIpc) is 3.22. The van der Waals surface area contributed by atoms with Crippen molar-refractivity contribution in [1.82, 2.24) is 10.7 Å². The monoisotopic (exact) mass is 443 g/mol. The fourth-order valence-corrected chi connectivity index (χ4v) is 3.29. The van der Waals surface area contributed by atoms with Crippen molar-refractivity contribution in [1.29, 1.82) is 0 Å². The van der Waals surface area contributed by atoms with Gasteiger partial charge in [0.15, 0.2) is 0 Å². The number of hydrogen-bond donors (Lipinski definition) is 2. The maximum atomic E-state index is 12.6. The first-order chi connectivity index (χ1) is 14.0. The summed E-state index contributed by atoms with van der Waals surface area (Å²) in [5.41, 5.74) is 3.49. The molecule has 0 fully saturated rings. The number of hydrazone groups is 1. The summed E-state index contributed by atoms with van der Waals surface area (Å²) in [4.78, 5) is 26.0. The minimum absolute atomic E-state index is 0.0469. The van der Waals surface area contributed by atoms with Crippen molar-refractivity contribution in [2.45, 2.75) is 0 Å². The Hall–Kier alpha value is -2.93. The van der Waals surface area contributed by atoms with E-state index in [9.17, 15) is 9.59 Å². The molecule has 0 bridgehead atoms. The van der Waals surface area contributed by atoms with Crippen molar-refractivity contribution < 1.29 is 9.59 Å². The summed E-state index contributed by atoms with van der Waals surface area (Å²) in [6.07, 6.45) is 3.05. The topological polar surface area (TPSA) is 70.6 Å². The van der Waals surface area contributed by atoms with E-state index in [1.165, 1.54) is 17.6 Å². The molecule has 29 heavy (non-hydrogen) atoms. The van der Waals surface area contributed by atoms with E-state index in [0.717, 1.165) is 10.4 Å². The van der Waals surface area contributed by atoms with Crippen LogP contribution in [0.15, 0.2) is 76.8 Å². The third kappa shape index (κ3) is 6.02. The first-order valence-electron chi connectivity index (χ1n) is 8.43. The summed E-state index contributed by atoms with van der Waals surface area (Å²) in [6, 6.07) is 17.2. The van der Waals surface area contributed by atoms with Crippen LogP contribution in [-0.4, -0.2) is 18.0 Å². The van der Waals surface area contributed by atoms with Crippen molar-refractivity contribution >= 4 is 58.6 Å². The van der Waals surface area contributed by atoms with Crippen LogP contribution in [0.3, 0.4) is 0 Å². The number of rotatable bonds is 6. The Morgan fingerprint density at radius 3 is 2.41 bits per heavy atom. The zero-order valence-corrected chi connectivity index (χ0v) is 17.3. The molecule has 0 aliphatic rings. The van der Waals surface area contributed by atoms with E-state index in [-0.39, 0.29) is 11.3 Å². The van der Waals surface area contributed by atoms with Crippen LogP contribution < -0.4 is 10.7 Å². The largest absolute Gasteiger partial charge is 0.317 e. The Morgan fingerprint density at radius 1 is 0.966 bits per heavy atom. The molecule has 0 saturated heterocycles. The molecule has 0 radical (unpaired) electrons. The van der Waals surface area contributed by atoms with Crippen molar-refractivity contribution in [2.75, 3.05) is 0 Å². The van der Waals surface area contributed by atoms with Gasteiger partial charge < -0.3 is 5.32 Å². The molecule has 1 heterocycles. The summed E-state index contributed by atoms with van der Waals surface area (Å²) >= 11 is 13.4. The molecule has 2 N–H and O–H groups in total. The summed E-state index contributed by atoms with van der Waals surface area (Å²) < 4.78 is 0. The molecule has 0 spiro atoms. The van der Waals surface area contributed by atoms with Gasteiger partial charge in [-0.2, -0.15) is 5.10 Å². The number of thiophene rings is 1. The van der Waals surface area contributed by atoms with E-state index < -0.39 is 11.8 Å². The first-order valence-corrected chi connectivity index (χ1v) is 10.1. The van der Waals surface area contributed by atoms with Gasteiger partial charge in [0.05, 0.1) is 16.8 Å². The number of amides is 2. The minimum atomic E-state index is -0.566. The Morgan fingerprint density at radius 2 is 1.72 bits per heavy atom. The van der Waals surface area contributed by atoms with Crippen LogP contribution in [0.5, 0.6) is 0 Å². The molecule has 3 aromatic rings. The molecular weight excluding hydrogens is 429 g/mol. The summed E-state index contributed by atoms with van der Waals surface area (Å²) in [6.45, 7) is 0. The maximum absolute atomic E-state index is 12.6. The van der Waals surface area contributed by atoms with Crippen molar-refractivity contribution in [3.8, 4) is 0 Å². The molecule has 0 aliphatic carbocycles. The molecule has 1 aromatic heterocycles. The SMILES string of the molecule is O=C(N/N=C/c1ccc(Cl)cc1)/C(=C/c1cccs1)NC(=O)c1ccccc1Cl. The van der Waals surface area contributed by atoms with Crippen LogP contribution in [0.25, 0.3) is 6.08 Å². The zero-order chi connectivity index (χ0) is 20.6. The molecule has 2 aromatic carbocycles. The van der Waals surface area contributed by atoms with E-state index in [0.29, 0.717) is 10.0 Å². The Kier molecular flexibility index (Phi) is 7.19. The third-order valence-corrected chi connectivity index (χ3v) is 5.09. The van der Waals surface area contributed by atoms with Crippen LogP contribution in [0.4, 0.5) is 0 Å². The van der Waals surface area contributed by atoms with E-state index in [2.05, 4.69) is 15.8 Å². The summed E-state index contributed by atoms with van der Waals surface area (Å²) in [5.74, 6) is -1.06. The van der Waals surface area contributed by atoms with Gasteiger partial charge in [-0.15, -0.1) is 11.3 Å². The summed E-state index contributed by atoms with van der Waals surface area (Å²) in [5, 5.41) is 9.32. The Balaban J connectivity index is 1.76. The molecule has 2 amide bonds. The third-order valence-electron chi connectivity index (χ3n) is 3.69. The number of nitrogens with one attached hydrogen (secondary N) is 2. The second-order valence-electron chi connectivity index (χ2n) is 5.76. The quantitative estimate of drug-likeness (QED) is 0.320. The second-order valence-corrected chi connectivity index (χ2v) is 7.58. The lowest BCUT2D eigenvalue weighted by Gasteiger charge is -2.09. The average molecular weight is 444 g/mol. The highest BCUT2D eigenvalue weighted by Crippen LogP contribution is 2.17. The number of nitrogens with zero attached hydrogens (tertiary/aromatic N) is 1. The second kappa shape index (κ2) is 10.0. The smallest absolute Gasteiger partial charge is 0.287 e. The molecule has 8 heteroatoms. The highest BCUT2D eigenvalue weighted by Gasteiger charge is 2.16. The van der Waals surface area contributed by atoms with Crippen LogP contribution >= 0.6 is 34.5 Å². The lowest BCUT2D eigenvalue weighted by Crippen LogP contribution is -2.32. The van der Waals surface area contributed by atoms with Crippen molar-refractivity contribution in [3.63, 3.8) is 0 Å². The number of carbonyl (C=O) groups excluding carboxylic acids is 2. The fourth-order valence-electron chi connectivity index (χ4n) is 2.28. The minimum Gasteiger partial charge on any atom is -0.317 e. The van der Waals surface area contributed by atoms with Gasteiger partial charge in [-0.1, -0.05) is 53.5 Å². The van der Waals surface area contributed by atoms with Gasteiger partial charge in [-0.25, -0.2) is 5.43 Å². The van der Waals surface area contributed by atoms with Gasteiger partial charge in [0.25, 0.3) is 11.8 Å². The van der Waals surface area contributed by atoms with Crippen molar-refractivity contribution in [3.05, 3.63) is 97.8 Å². The Bertz CT molecular complexity index is 1060. The lowest BCUT2D eigenvalue weighted by atomic mass is 10.2. The summed E-state index contributed by atoms with van der Waals surface area (Å²) in [7, 11) is 0. The standard InChI is InChI=1S/C21H15Cl2N3O2S/c22-15-9-7-14(8-10-15)13-24-26-21(28)19(12-16-4-3-11-29-16)25-20(27)17-5-1-2-6-18(17)23/h1-13H,(H,25,27)(H,26,28)/b19-12-,24-13+. The van der Waals surface area contributed by atoms with E-state index >= 15 is 0 Å². The molecular formula is C21H15Cl2N3O2S. The zero-order valence-electron chi connectivity index (χ0n) is 14.9. The predicted octanol–water partition coefficient (Wildman–Crippen LogP) is 4.98. The van der Waals surface area contributed by atoms with Crippen LogP contribution in [0, 0.1) is 0 Å². The van der Waals surface area contributed by atoms with Crippen LogP contribution in [0.1, 0.15) is 20.8 Å². The molecule has 3 rings (SSSR count). The predicted molar refractivity (Wildman–Crippen MR) is 118 cm³/mol. The number of halogens is 2. The highest BCUT2D eigenvalue weighted by atomic mass is 35.5. The van der Waals surface area contributed by atoms with Gasteiger partial charge in [0.2, 0.25) is 0 Å².